The molecule has 768 valence electrons. The Kier molecular flexibility index (Phi) is 36.9. The van der Waals surface area contributed by atoms with E-state index in [0.717, 1.165) is 76.7 Å². The first-order valence-corrected chi connectivity index (χ1v) is 49.7. The molecular formula is C115H109Cl4FN4O24. The molecule has 4 saturated carbocycles. The number of carbonyl (C=O) groups excluding carboxylic acids is 8. The molecule has 4 fully saturated rings. The molecule has 0 radical (unpaired) electrons. The molecule has 33 heteroatoms. The molecule has 16 rings (SSSR count). The first kappa shape index (κ1) is 110. The Hall–Kier alpha value is -14.9. The van der Waals surface area contributed by atoms with Crippen LogP contribution >= 0.6 is 46.4 Å². The summed E-state index contributed by atoms with van der Waals surface area (Å²) in [7, 11) is 5.76. The standard InChI is InChI=1S/3C29H28ClNO6.C28H25ClFNO6/c3*1-17(32)22-11-10-21(30)14-23(22)24-15-28(34)31(16-27(24)37-2)25(12-18-4-3-5-18)26(33)13-19-6-8-20(9-7-19)29(35)36;1-15(32)19-9-10-21(29)27(30)26(19)20-13-25(34)31(14-24(20)37-2)22(11-16-3-4-16)23(33)12-17-5-7-18(8-6-17)28(35)36/h3*6-11,14-16,18,25H,3-5,12-13H2,1-2H3,(H,35,36);5-10,13-14,16,22H,3-4,11-12H2,1-2H3,(H,35,36)/t2*25-;;/m10../s1. The SMILES string of the molecule is COc1cn(C(CC2CC2)C(=O)Cc2ccc(C(=O)O)cc2)c(=O)cc1-c1c(C(C)=O)ccc(Cl)c1F.COc1cn(C(CC2CCC2)C(=O)Cc2ccc(C(=O)O)cc2)c(=O)cc1-c1cc(Cl)ccc1C(C)=O.COc1cn([C@@H](CC2CCC2)C(=O)Cc2ccc(C(=O)O)cc2)c(=O)cc1-c1cc(Cl)ccc1C(C)=O.COc1cn([C@H](CC2CCC2)C(=O)Cc2ccc(C(=O)O)cc2)c(=O)cc1-c1cc(Cl)ccc1C(C)=O. The van der Waals surface area contributed by atoms with E-state index in [9.17, 15) is 76.7 Å². The average Bonchev–Trinajstić information content (AvgIpc) is 1.28. The largest absolute Gasteiger partial charge is 0.495 e. The fourth-order valence-corrected chi connectivity index (χ4v) is 19.2. The topological polar surface area (TPSA) is 411 Å². The van der Waals surface area contributed by atoms with Gasteiger partial charge in [0.05, 0.1) is 105 Å². The van der Waals surface area contributed by atoms with Gasteiger partial charge in [-0.25, -0.2) is 23.6 Å². The predicted molar refractivity (Wildman–Crippen MR) is 559 cm³/mol. The highest BCUT2D eigenvalue weighted by atomic mass is 35.5. The molecule has 8 aromatic carbocycles. The van der Waals surface area contributed by atoms with Crippen LogP contribution in [0.15, 0.2) is 232 Å². The molecule has 0 saturated heterocycles. The lowest BCUT2D eigenvalue weighted by Gasteiger charge is -2.30. The van der Waals surface area contributed by atoms with Crippen LogP contribution in [0.2, 0.25) is 20.1 Å². The number of nitrogens with zero attached hydrogens (tertiary/aromatic N) is 4. The zero-order valence-electron chi connectivity index (χ0n) is 82.4. The summed E-state index contributed by atoms with van der Waals surface area (Å²) in [5.74, 6) is -4.09. The van der Waals surface area contributed by atoms with E-state index in [1.807, 2.05) is 0 Å². The van der Waals surface area contributed by atoms with Crippen molar-refractivity contribution in [2.24, 2.45) is 23.7 Å². The molecule has 0 bridgehead atoms. The van der Waals surface area contributed by atoms with Gasteiger partial charge in [-0.3, -0.25) is 57.5 Å². The van der Waals surface area contributed by atoms with Crippen molar-refractivity contribution in [3.63, 3.8) is 0 Å². The zero-order chi connectivity index (χ0) is 107. The Morgan fingerprint density at radius 1 is 0.304 bits per heavy atom. The molecule has 4 aliphatic carbocycles. The lowest BCUT2D eigenvalue weighted by molar-refractivity contribution is -0.123. The number of carbonyl (C=O) groups is 12. The summed E-state index contributed by atoms with van der Waals surface area (Å²) in [6.45, 7) is 5.61. The third kappa shape index (κ3) is 27.1. The molecule has 0 spiro atoms. The van der Waals surface area contributed by atoms with Crippen LogP contribution in [-0.2, 0) is 44.9 Å². The second-order valence-electron chi connectivity index (χ2n) is 37.5. The number of hydrogen-bond donors (Lipinski definition) is 4. The second kappa shape index (κ2) is 49.5. The van der Waals surface area contributed by atoms with E-state index in [1.54, 1.807) is 103 Å². The maximum atomic E-state index is 15.1. The van der Waals surface area contributed by atoms with Gasteiger partial charge in [0.25, 0.3) is 22.2 Å². The van der Waals surface area contributed by atoms with Crippen molar-refractivity contribution < 1.29 is 101 Å². The molecule has 0 amide bonds. The number of rotatable bonds is 40. The number of aromatic carboxylic acids is 4. The lowest BCUT2D eigenvalue weighted by Crippen LogP contribution is -2.33. The highest BCUT2D eigenvalue weighted by Crippen LogP contribution is 2.45. The first-order chi connectivity index (χ1) is 70.6. The van der Waals surface area contributed by atoms with Crippen molar-refractivity contribution in [2.45, 2.75) is 174 Å². The number of halogens is 5. The molecule has 4 atom stereocenters. The van der Waals surface area contributed by atoms with E-state index >= 15 is 4.39 Å². The van der Waals surface area contributed by atoms with Gasteiger partial charge >= 0.3 is 23.9 Å². The van der Waals surface area contributed by atoms with Crippen LogP contribution in [0.3, 0.4) is 0 Å². The molecule has 12 aromatic rings. The van der Waals surface area contributed by atoms with E-state index in [4.69, 9.17) is 85.8 Å². The number of hydrogen-bond acceptors (Lipinski definition) is 20. The third-order valence-corrected chi connectivity index (χ3v) is 28.5. The summed E-state index contributed by atoms with van der Waals surface area (Å²) < 4.78 is 43.0. The van der Waals surface area contributed by atoms with Crippen molar-refractivity contribution >= 4 is 117 Å². The highest BCUT2D eigenvalue weighted by Gasteiger charge is 2.37. The van der Waals surface area contributed by atoms with Crippen molar-refractivity contribution in [1.29, 1.82) is 0 Å². The summed E-state index contributed by atoms with van der Waals surface area (Å²) >= 11 is 24.6. The fraction of sp³-hybridized carbons (Fsp3) is 0.304. The maximum Gasteiger partial charge on any atom is 0.335 e. The molecular weight excluding hydrogens is 1980 g/mol. The minimum absolute atomic E-state index is 0.00516. The van der Waals surface area contributed by atoms with Gasteiger partial charge < -0.3 is 57.6 Å². The molecule has 148 heavy (non-hydrogen) atoms. The number of pyridine rings is 4. The molecule has 28 nitrogen and oxygen atoms in total. The molecule has 4 N–H and O–H groups in total. The summed E-state index contributed by atoms with van der Waals surface area (Å²) in [5, 5.41) is 37.5. The fourth-order valence-electron chi connectivity index (χ4n) is 18.6. The van der Waals surface area contributed by atoms with E-state index in [0.29, 0.717) is 154 Å². The predicted octanol–water partition coefficient (Wildman–Crippen LogP) is 22.2. The Labute approximate surface area is 871 Å². The van der Waals surface area contributed by atoms with Gasteiger partial charge in [0.2, 0.25) is 0 Å². The molecule has 4 aliphatic rings. The Morgan fingerprint density at radius 2 is 0.527 bits per heavy atom. The maximum absolute atomic E-state index is 15.1. The number of methoxy groups -OCH3 is 4. The highest BCUT2D eigenvalue weighted by molar-refractivity contribution is 6.32. The first-order valence-electron chi connectivity index (χ1n) is 48.2. The van der Waals surface area contributed by atoms with Crippen LogP contribution in [0.1, 0.15) is 253 Å². The van der Waals surface area contributed by atoms with E-state index in [-0.39, 0.29) is 133 Å². The lowest BCUT2D eigenvalue weighted by atomic mass is 9.79. The van der Waals surface area contributed by atoms with Crippen LogP contribution in [-0.4, -0.2) is 137 Å². The van der Waals surface area contributed by atoms with Crippen LogP contribution in [0.5, 0.6) is 23.0 Å². The van der Waals surface area contributed by atoms with Crippen LogP contribution in [0.25, 0.3) is 44.5 Å². The monoisotopic (exact) mass is 2090 g/mol. The summed E-state index contributed by atoms with van der Waals surface area (Å²) in [6, 6.07) is 44.2. The normalized spacial score (nSPS) is 14.0. The quantitative estimate of drug-likeness (QED) is 0.0259. The van der Waals surface area contributed by atoms with Crippen molar-refractivity contribution in [1.82, 2.24) is 18.3 Å². The van der Waals surface area contributed by atoms with E-state index in [2.05, 4.69) is 0 Å². The smallest absolute Gasteiger partial charge is 0.335 e. The Morgan fingerprint density at radius 3 is 0.736 bits per heavy atom. The number of ether oxygens (including phenoxy) is 4. The van der Waals surface area contributed by atoms with Crippen LogP contribution in [0, 0.1) is 29.5 Å². The van der Waals surface area contributed by atoms with E-state index in [1.165, 1.54) is 178 Å². The summed E-state index contributed by atoms with van der Waals surface area (Å²) in [5.41, 5.74) is 5.44. The second-order valence-corrected chi connectivity index (χ2v) is 39.2. The third-order valence-electron chi connectivity index (χ3n) is 27.5. The van der Waals surface area contributed by atoms with Crippen LogP contribution < -0.4 is 41.2 Å². The number of Topliss-reactive ketones (excluding diaryl/α,β-unsaturated/α-hetero) is 8. The van der Waals surface area contributed by atoms with Gasteiger partial charge in [0, 0.05) is 115 Å². The van der Waals surface area contributed by atoms with Crippen molar-refractivity contribution in [3.05, 3.63) is 347 Å². The molecule has 4 aromatic heterocycles. The number of benzene rings is 8. The van der Waals surface area contributed by atoms with Gasteiger partial charge in [0.1, 0.15) is 28.8 Å². The van der Waals surface area contributed by atoms with Gasteiger partial charge in [-0.15, -0.1) is 0 Å². The zero-order valence-corrected chi connectivity index (χ0v) is 85.4. The van der Waals surface area contributed by atoms with Gasteiger partial charge in [-0.05, 0) is 231 Å². The van der Waals surface area contributed by atoms with E-state index < -0.39 is 65.2 Å². The van der Waals surface area contributed by atoms with Gasteiger partial charge in [-0.2, -0.15) is 0 Å². The average molecular weight is 2090 g/mol. The number of carboxylic acid groups (broad SMARTS) is 4. The molecule has 2 unspecified atom stereocenters. The summed E-state index contributed by atoms with van der Waals surface area (Å²) in [6.07, 6.45) is 19.5. The van der Waals surface area contributed by atoms with Crippen molar-refractivity contribution in [3.8, 4) is 67.5 Å². The summed E-state index contributed by atoms with van der Waals surface area (Å²) in [4.78, 5) is 201. The van der Waals surface area contributed by atoms with Crippen LogP contribution in [0.4, 0.5) is 4.39 Å². The minimum atomic E-state index is -1.06. The molecule has 4 heterocycles. The number of carboxylic acids is 4. The van der Waals surface area contributed by atoms with Gasteiger partial charge in [0.15, 0.2) is 46.3 Å². The Bertz CT molecular complexity index is 6880. The van der Waals surface area contributed by atoms with Crippen molar-refractivity contribution in [2.75, 3.05) is 28.4 Å². The Balaban J connectivity index is 0.000000165. The van der Waals surface area contributed by atoms with Gasteiger partial charge in [-0.1, -0.05) is 166 Å². The minimum Gasteiger partial charge on any atom is -0.495 e. The molecule has 0 aliphatic heterocycles. The number of aromatic nitrogens is 4. The number of ketones is 8.